The lowest BCUT2D eigenvalue weighted by Gasteiger charge is -2.21. The smallest absolute Gasteiger partial charge is 0.358 e. The number of anilines is 2. The zero-order valence-corrected chi connectivity index (χ0v) is 14.1. The maximum atomic E-state index is 11.2. The second-order valence-corrected chi connectivity index (χ2v) is 6.41. The Kier molecular flexibility index (Phi) is 4.85. The summed E-state index contributed by atoms with van der Waals surface area (Å²) in [6.07, 6.45) is 3.90. The first kappa shape index (κ1) is 16.5. The Labute approximate surface area is 145 Å². The van der Waals surface area contributed by atoms with E-state index in [4.69, 9.17) is 16.7 Å². The molecule has 0 saturated carbocycles. The predicted octanol–water partition coefficient (Wildman–Crippen LogP) is 3.08. The maximum absolute atomic E-state index is 11.2. The summed E-state index contributed by atoms with van der Waals surface area (Å²) in [5.74, 6) is -0.345. The van der Waals surface area contributed by atoms with Crippen molar-refractivity contribution in [1.82, 2.24) is 9.97 Å². The van der Waals surface area contributed by atoms with Crippen LogP contribution in [0.15, 0.2) is 30.6 Å². The van der Waals surface area contributed by atoms with E-state index in [1.807, 2.05) is 18.2 Å². The van der Waals surface area contributed by atoms with E-state index in [0.29, 0.717) is 18.3 Å². The predicted molar refractivity (Wildman–Crippen MR) is 94.0 cm³/mol. The Morgan fingerprint density at radius 1 is 1.42 bits per heavy atom. The van der Waals surface area contributed by atoms with Crippen molar-refractivity contribution in [1.29, 1.82) is 0 Å². The fraction of sp³-hybridized carbons (Fsp3) is 0.353. The van der Waals surface area contributed by atoms with Gasteiger partial charge in [0.1, 0.15) is 0 Å². The summed E-state index contributed by atoms with van der Waals surface area (Å²) >= 11 is 6.11. The van der Waals surface area contributed by atoms with Crippen LogP contribution in [0.2, 0.25) is 5.02 Å². The van der Waals surface area contributed by atoms with Gasteiger partial charge in [-0.1, -0.05) is 17.7 Å². The third kappa shape index (κ3) is 3.59. The third-order valence-corrected chi connectivity index (χ3v) is 4.49. The van der Waals surface area contributed by atoms with E-state index in [9.17, 15) is 4.79 Å². The van der Waals surface area contributed by atoms with Crippen LogP contribution >= 0.6 is 11.6 Å². The molecule has 1 atom stereocenters. The zero-order valence-electron chi connectivity index (χ0n) is 13.4. The highest BCUT2D eigenvalue weighted by atomic mass is 35.5. The first-order chi connectivity index (χ1) is 11.5. The van der Waals surface area contributed by atoms with Crippen molar-refractivity contribution in [2.45, 2.75) is 13.3 Å². The minimum Gasteiger partial charge on any atom is -0.476 e. The Morgan fingerprint density at radius 2 is 2.21 bits per heavy atom. The van der Waals surface area contributed by atoms with E-state index in [1.165, 1.54) is 18.0 Å². The second kappa shape index (κ2) is 7.05. The summed E-state index contributed by atoms with van der Waals surface area (Å²) in [6, 6.07) is 5.93. The van der Waals surface area contributed by atoms with Gasteiger partial charge in [0.2, 0.25) is 0 Å². The van der Waals surface area contributed by atoms with E-state index in [1.54, 1.807) is 0 Å². The first-order valence-electron chi connectivity index (χ1n) is 7.84. The molecule has 2 aromatic rings. The minimum absolute atomic E-state index is 0.0435. The van der Waals surface area contributed by atoms with E-state index in [-0.39, 0.29) is 5.69 Å². The van der Waals surface area contributed by atoms with Crippen molar-refractivity contribution in [3.63, 3.8) is 0 Å². The average Bonchev–Trinajstić information content (AvgIpc) is 3.04. The van der Waals surface area contributed by atoms with E-state index in [0.717, 1.165) is 30.2 Å². The molecule has 0 bridgehead atoms. The molecule has 1 fully saturated rings. The van der Waals surface area contributed by atoms with Crippen molar-refractivity contribution in [2.75, 3.05) is 29.9 Å². The highest BCUT2D eigenvalue weighted by Gasteiger charge is 2.24. The van der Waals surface area contributed by atoms with E-state index in [2.05, 4.69) is 27.1 Å². The van der Waals surface area contributed by atoms with Crippen LogP contribution in [-0.2, 0) is 0 Å². The first-order valence-corrected chi connectivity index (χ1v) is 8.21. The van der Waals surface area contributed by atoms with Crippen molar-refractivity contribution in [3.8, 4) is 0 Å². The van der Waals surface area contributed by atoms with Crippen molar-refractivity contribution < 1.29 is 9.90 Å². The highest BCUT2D eigenvalue weighted by Crippen LogP contribution is 2.29. The molecular weight excluding hydrogens is 328 g/mol. The minimum atomic E-state index is -1.08. The van der Waals surface area contributed by atoms with Crippen LogP contribution in [0.5, 0.6) is 0 Å². The van der Waals surface area contributed by atoms with Crippen LogP contribution in [0.1, 0.15) is 22.5 Å². The summed E-state index contributed by atoms with van der Waals surface area (Å²) in [4.78, 5) is 21.4. The second-order valence-electron chi connectivity index (χ2n) is 5.97. The lowest BCUT2D eigenvalue weighted by molar-refractivity contribution is 0.0691. The van der Waals surface area contributed by atoms with Gasteiger partial charge in [-0.15, -0.1) is 0 Å². The molecule has 1 aromatic carbocycles. The Balaban J connectivity index is 1.63. The van der Waals surface area contributed by atoms with Gasteiger partial charge in [0.25, 0.3) is 0 Å². The number of hydrogen-bond acceptors (Lipinski definition) is 5. The van der Waals surface area contributed by atoms with Crippen LogP contribution in [-0.4, -0.2) is 40.7 Å². The molecule has 2 N–H and O–H groups in total. The Morgan fingerprint density at radius 3 is 3.00 bits per heavy atom. The van der Waals surface area contributed by atoms with Gasteiger partial charge in [0, 0.05) is 42.7 Å². The number of benzene rings is 1. The molecule has 126 valence electrons. The Bertz CT molecular complexity index is 753. The van der Waals surface area contributed by atoms with Crippen LogP contribution in [0.4, 0.5) is 11.5 Å². The van der Waals surface area contributed by atoms with Gasteiger partial charge in [-0.05, 0) is 37.0 Å². The maximum Gasteiger partial charge on any atom is 0.358 e. The number of nitrogens with one attached hydrogen (secondary N) is 1. The third-order valence-electron chi connectivity index (χ3n) is 4.26. The topological polar surface area (TPSA) is 78.3 Å². The molecule has 0 amide bonds. The van der Waals surface area contributed by atoms with Crippen molar-refractivity contribution in [3.05, 3.63) is 46.9 Å². The summed E-state index contributed by atoms with van der Waals surface area (Å²) < 4.78 is 0. The summed E-state index contributed by atoms with van der Waals surface area (Å²) in [7, 11) is 0. The molecule has 1 saturated heterocycles. The van der Waals surface area contributed by atoms with Crippen molar-refractivity contribution >= 4 is 29.1 Å². The molecule has 6 nitrogen and oxygen atoms in total. The molecule has 1 aliphatic heterocycles. The Hall–Kier alpha value is -2.34. The van der Waals surface area contributed by atoms with E-state index >= 15 is 0 Å². The number of carboxylic acids is 1. The van der Waals surface area contributed by atoms with Gasteiger partial charge in [-0.3, -0.25) is 0 Å². The zero-order chi connectivity index (χ0) is 17.1. The normalized spacial score (nSPS) is 17.1. The lowest BCUT2D eigenvalue weighted by Crippen LogP contribution is -2.23. The van der Waals surface area contributed by atoms with Crippen LogP contribution in [0, 0.1) is 12.8 Å². The van der Waals surface area contributed by atoms with Crippen LogP contribution in [0.25, 0.3) is 0 Å². The van der Waals surface area contributed by atoms with Gasteiger partial charge in [0.05, 0.1) is 0 Å². The standard InChI is InChI=1S/C17H19ClN4O2/c1-11-2-3-13(18)8-14(11)22-7-4-12(10-22)9-21-16-15(17(23)24)19-5-6-20-16/h2-3,5-6,8,12H,4,7,9-10H2,1H3,(H,20,21)(H,23,24). The number of aromatic carboxylic acids is 1. The molecule has 1 aromatic heterocycles. The molecule has 3 rings (SSSR count). The number of halogens is 1. The summed E-state index contributed by atoms with van der Waals surface area (Å²) in [5.41, 5.74) is 2.32. The largest absolute Gasteiger partial charge is 0.476 e. The molecule has 2 heterocycles. The highest BCUT2D eigenvalue weighted by molar-refractivity contribution is 6.30. The molecule has 0 aliphatic carbocycles. The number of aromatic nitrogens is 2. The number of carbonyl (C=O) groups is 1. The molecule has 24 heavy (non-hydrogen) atoms. The van der Waals surface area contributed by atoms with Gasteiger partial charge >= 0.3 is 5.97 Å². The molecule has 0 radical (unpaired) electrons. The van der Waals surface area contributed by atoms with Crippen LogP contribution < -0.4 is 10.2 Å². The fourth-order valence-corrected chi connectivity index (χ4v) is 3.17. The van der Waals surface area contributed by atoms with E-state index < -0.39 is 5.97 Å². The summed E-state index contributed by atoms with van der Waals surface area (Å²) in [5, 5.41) is 13.0. The van der Waals surface area contributed by atoms with Crippen molar-refractivity contribution in [2.24, 2.45) is 5.92 Å². The summed E-state index contributed by atoms with van der Waals surface area (Å²) in [6.45, 7) is 4.60. The fourth-order valence-electron chi connectivity index (χ4n) is 3.01. The molecule has 7 heteroatoms. The van der Waals surface area contributed by atoms with Gasteiger partial charge in [-0.2, -0.15) is 0 Å². The van der Waals surface area contributed by atoms with Gasteiger partial charge < -0.3 is 15.3 Å². The molecular formula is C17H19ClN4O2. The number of rotatable bonds is 5. The van der Waals surface area contributed by atoms with Crippen LogP contribution in [0.3, 0.4) is 0 Å². The molecule has 1 unspecified atom stereocenters. The average molecular weight is 347 g/mol. The molecule has 1 aliphatic rings. The lowest BCUT2D eigenvalue weighted by atomic mass is 10.1. The number of aryl methyl sites for hydroxylation is 1. The number of nitrogens with zero attached hydrogens (tertiary/aromatic N) is 3. The monoisotopic (exact) mass is 346 g/mol. The quantitative estimate of drug-likeness (QED) is 0.866. The van der Waals surface area contributed by atoms with Gasteiger partial charge in [-0.25, -0.2) is 14.8 Å². The SMILES string of the molecule is Cc1ccc(Cl)cc1N1CCC(CNc2nccnc2C(=O)O)C1. The van der Waals surface area contributed by atoms with Gasteiger partial charge in [0.15, 0.2) is 11.5 Å². The number of carboxylic acid groups (broad SMARTS) is 1. The number of hydrogen-bond donors (Lipinski definition) is 2. The molecule has 0 spiro atoms.